The number of nitrogen functional groups attached to an aromatic ring is 2. The van der Waals surface area contributed by atoms with Crippen molar-refractivity contribution in [2.75, 3.05) is 24.7 Å². The number of nitrogens with one attached hydrogen (secondary N) is 1. The smallest absolute Gasteiger partial charge is 0.382 e. The van der Waals surface area contributed by atoms with Crippen molar-refractivity contribution in [3.05, 3.63) is 29.3 Å². The van der Waals surface area contributed by atoms with Gasteiger partial charge in [-0.2, -0.15) is 4.98 Å². The summed E-state index contributed by atoms with van der Waals surface area (Å²) >= 11 is 0. The molecule has 4 aromatic rings. The lowest BCUT2D eigenvalue weighted by Gasteiger charge is -2.24. The predicted octanol–water partition coefficient (Wildman–Crippen LogP) is -0.283. The van der Waals surface area contributed by atoms with Crippen LogP contribution in [0, 0.1) is 0 Å². The number of imidazole rings is 2. The van der Waals surface area contributed by atoms with Gasteiger partial charge < -0.3 is 30.7 Å². The predicted molar refractivity (Wildman–Crippen MR) is 141 cm³/mol. The Hall–Kier alpha value is -3.36. The molecule has 230 valence electrons. The third-order valence-corrected chi connectivity index (χ3v) is 9.09. The van der Waals surface area contributed by atoms with Gasteiger partial charge in [0.1, 0.15) is 24.1 Å². The van der Waals surface area contributed by atoms with Crippen molar-refractivity contribution in [2.45, 2.75) is 49.7 Å². The highest BCUT2D eigenvalue weighted by atomic mass is 31.2. The van der Waals surface area contributed by atoms with Crippen molar-refractivity contribution >= 4 is 49.7 Å². The first kappa shape index (κ1) is 28.4. The maximum absolute atomic E-state index is 13.1. The molecule has 4 bridgehead atoms. The lowest BCUT2D eigenvalue weighted by atomic mass is 10.2. The van der Waals surface area contributed by atoms with Crippen molar-refractivity contribution in [3.8, 4) is 0 Å². The molecule has 21 nitrogen and oxygen atoms in total. The normalized spacial score (nSPS) is 35.4. The SMILES string of the molecule is Nc1nc2c(ncn2[C@@H]2O[C@@H]3COP(=O)(O)O[C@@H]4C[C@@H](COP(=O)(O)O[C@@H]2C3)O[C@H]4n2cnc3c(N)ncnc32)c(=O)[nH]1. The second-order valence-corrected chi connectivity index (χ2v) is 12.8. The van der Waals surface area contributed by atoms with Gasteiger partial charge in [0.15, 0.2) is 35.1 Å². The number of ether oxygens (including phenoxy) is 2. The first-order valence-corrected chi connectivity index (χ1v) is 15.7. The number of H-pyrrole nitrogens is 1. The fourth-order valence-corrected chi connectivity index (χ4v) is 7.17. The summed E-state index contributed by atoms with van der Waals surface area (Å²) in [5.74, 6) is -0.0920. The van der Waals surface area contributed by atoms with Crippen LogP contribution in [0.2, 0.25) is 0 Å². The van der Waals surface area contributed by atoms with Gasteiger partial charge in [0.25, 0.3) is 5.56 Å². The quantitative estimate of drug-likeness (QED) is 0.176. The summed E-state index contributed by atoms with van der Waals surface area (Å²) in [6.45, 7) is -0.948. The van der Waals surface area contributed by atoms with E-state index in [2.05, 4.69) is 29.9 Å². The van der Waals surface area contributed by atoms with Crippen LogP contribution in [0.3, 0.4) is 0 Å². The van der Waals surface area contributed by atoms with Gasteiger partial charge in [-0.1, -0.05) is 0 Å². The van der Waals surface area contributed by atoms with E-state index in [4.69, 9.17) is 39.0 Å². The van der Waals surface area contributed by atoms with Gasteiger partial charge in [-0.25, -0.2) is 29.1 Å². The highest BCUT2D eigenvalue weighted by Crippen LogP contribution is 2.53. The lowest BCUT2D eigenvalue weighted by Crippen LogP contribution is -2.24. The topological polar surface area (TPSA) is 289 Å². The van der Waals surface area contributed by atoms with Crippen LogP contribution in [0.4, 0.5) is 11.8 Å². The molecule has 0 aromatic carbocycles. The Kier molecular flexibility index (Phi) is 6.86. The zero-order valence-corrected chi connectivity index (χ0v) is 23.6. The molecule has 2 unspecified atom stereocenters. The second kappa shape index (κ2) is 10.4. The molecule has 3 fully saturated rings. The fourth-order valence-electron chi connectivity index (χ4n) is 5.27. The minimum Gasteiger partial charge on any atom is -0.382 e. The molecule has 0 amide bonds. The maximum Gasteiger partial charge on any atom is 0.472 e. The number of nitrogens with two attached hydrogens (primary N) is 2. The number of hydrogen-bond acceptors (Lipinski definition) is 16. The first-order valence-electron chi connectivity index (χ1n) is 12.7. The number of rotatable bonds is 2. The van der Waals surface area contributed by atoms with Crippen molar-refractivity contribution < 1.29 is 46.5 Å². The van der Waals surface area contributed by atoms with Crippen LogP contribution in [-0.4, -0.2) is 86.5 Å². The highest BCUT2D eigenvalue weighted by Gasteiger charge is 2.47. The Balaban J connectivity index is 1.18. The zero-order valence-electron chi connectivity index (χ0n) is 21.8. The Morgan fingerprint density at radius 3 is 2.00 bits per heavy atom. The maximum atomic E-state index is 13.1. The van der Waals surface area contributed by atoms with E-state index >= 15 is 0 Å². The second-order valence-electron chi connectivity index (χ2n) is 9.94. The summed E-state index contributed by atoms with van der Waals surface area (Å²) in [6, 6.07) is 0. The number of phosphoric ester groups is 2. The molecule has 4 aromatic heterocycles. The number of fused-ring (bicyclic) bond motifs is 6. The Morgan fingerprint density at radius 2 is 1.40 bits per heavy atom. The molecule has 3 saturated heterocycles. The van der Waals surface area contributed by atoms with Gasteiger partial charge in [-0.05, 0) is 0 Å². The van der Waals surface area contributed by atoms with E-state index in [-0.39, 0.29) is 46.9 Å². The summed E-state index contributed by atoms with van der Waals surface area (Å²) in [7, 11) is -9.50. The van der Waals surface area contributed by atoms with Crippen molar-refractivity contribution in [3.63, 3.8) is 0 Å². The molecule has 0 radical (unpaired) electrons. The van der Waals surface area contributed by atoms with E-state index in [0.29, 0.717) is 0 Å². The molecule has 3 aliphatic rings. The Labute approximate surface area is 239 Å². The van der Waals surface area contributed by atoms with Gasteiger partial charge in [-0.3, -0.25) is 37.0 Å². The van der Waals surface area contributed by atoms with Crippen molar-refractivity contribution in [1.29, 1.82) is 0 Å². The fraction of sp³-hybridized carbons (Fsp3) is 0.500. The van der Waals surface area contributed by atoms with Crippen LogP contribution >= 0.6 is 15.6 Å². The van der Waals surface area contributed by atoms with Gasteiger partial charge in [0.2, 0.25) is 5.95 Å². The minimum absolute atomic E-state index is 0.0139. The molecular weight excluding hydrogens is 618 g/mol. The van der Waals surface area contributed by atoms with E-state index in [9.17, 15) is 23.7 Å². The monoisotopic (exact) mass is 642 g/mol. The number of anilines is 2. The van der Waals surface area contributed by atoms with E-state index in [1.54, 1.807) is 0 Å². The van der Waals surface area contributed by atoms with Crippen LogP contribution < -0.4 is 17.0 Å². The average Bonchev–Trinajstić information content (AvgIpc) is 3.71. The summed E-state index contributed by atoms with van der Waals surface area (Å²) in [6.07, 6.45) is -2.75. The van der Waals surface area contributed by atoms with Gasteiger partial charge in [-0.15, -0.1) is 0 Å². The molecule has 0 saturated carbocycles. The standard InChI is InChI=1S/C20H24N10O11P2/c21-14-12-15(24-5-23-14)29(6-25-12)18-10-1-8(38-18)3-36-43(34,35)41-11-2-9(4-37-42(32,33)40-10)39-19(11)30-7-26-13-16(30)27-20(22)28-17(13)31/h5-11,18-19H,1-4H2,(H,32,33)(H,34,35)(H2,21,23,24)(H3,22,27,28,31)/t8-,9-,10+,11+,18+,19+/m0/s1. The number of nitrogens with zero attached hydrogens (tertiary/aromatic N) is 7. The third-order valence-electron chi connectivity index (χ3n) is 7.06. The first-order chi connectivity index (χ1) is 20.5. The molecular formula is C20H24N10O11P2. The summed E-state index contributed by atoms with van der Waals surface area (Å²) in [5, 5.41) is 0. The van der Waals surface area contributed by atoms with Crippen LogP contribution in [0.5, 0.6) is 0 Å². The summed E-state index contributed by atoms with van der Waals surface area (Å²) < 4.78 is 62.4. The van der Waals surface area contributed by atoms with Crippen LogP contribution in [0.25, 0.3) is 22.3 Å². The van der Waals surface area contributed by atoms with E-state index < -0.39 is 71.3 Å². The molecule has 0 spiro atoms. The number of hydrogen-bond donors (Lipinski definition) is 5. The van der Waals surface area contributed by atoms with Crippen molar-refractivity contribution in [2.24, 2.45) is 0 Å². The number of phosphoric acid groups is 2. The van der Waals surface area contributed by atoms with Crippen LogP contribution in [-0.2, 0) is 36.7 Å². The average molecular weight is 642 g/mol. The van der Waals surface area contributed by atoms with Crippen molar-refractivity contribution in [1.82, 2.24) is 39.0 Å². The van der Waals surface area contributed by atoms with Gasteiger partial charge in [0, 0.05) is 12.8 Å². The number of aromatic amines is 1. The van der Waals surface area contributed by atoms with Gasteiger partial charge >= 0.3 is 15.6 Å². The molecule has 7 rings (SSSR count). The molecule has 43 heavy (non-hydrogen) atoms. The molecule has 0 aliphatic carbocycles. The largest absolute Gasteiger partial charge is 0.472 e. The van der Waals surface area contributed by atoms with Gasteiger partial charge in [0.05, 0.1) is 38.1 Å². The van der Waals surface area contributed by atoms with E-state index in [1.807, 2.05) is 0 Å². The summed E-state index contributed by atoms with van der Waals surface area (Å²) in [5.41, 5.74) is 11.4. The lowest BCUT2D eigenvalue weighted by molar-refractivity contribution is -0.0668. The van der Waals surface area contributed by atoms with Crippen LogP contribution in [0.15, 0.2) is 23.8 Å². The molecule has 23 heteroatoms. The molecule has 7 heterocycles. The highest BCUT2D eigenvalue weighted by molar-refractivity contribution is 7.47. The Bertz CT molecular complexity index is 1860. The number of aromatic nitrogens is 8. The zero-order chi connectivity index (χ0) is 30.1. The third kappa shape index (κ3) is 5.33. The van der Waals surface area contributed by atoms with Crippen LogP contribution in [0.1, 0.15) is 25.3 Å². The molecule has 7 N–H and O–H groups in total. The van der Waals surface area contributed by atoms with E-state index in [0.717, 1.165) is 0 Å². The summed E-state index contributed by atoms with van der Waals surface area (Å²) in [4.78, 5) is 56.2. The minimum atomic E-state index is -4.76. The Morgan fingerprint density at radius 1 is 0.837 bits per heavy atom. The molecule has 8 atom stereocenters. The van der Waals surface area contributed by atoms with E-state index in [1.165, 1.54) is 28.1 Å². The molecule has 3 aliphatic heterocycles.